The van der Waals surface area contributed by atoms with Crippen LogP contribution in [0.2, 0.25) is 0 Å². The number of thiazole rings is 1. The Balaban J connectivity index is 1.73. The molecule has 0 saturated carbocycles. The largest absolute Gasteiger partial charge is 0.484 e. The van der Waals surface area contributed by atoms with Crippen molar-refractivity contribution in [2.75, 3.05) is 20.3 Å². The van der Waals surface area contributed by atoms with E-state index in [9.17, 15) is 14.4 Å². The van der Waals surface area contributed by atoms with Crippen molar-refractivity contribution in [3.63, 3.8) is 0 Å². The van der Waals surface area contributed by atoms with Crippen LogP contribution in [0.3, 0.4) is 0 Å². The Kier molecular flexibility index (Phi) is 5.51. The normalized spacial score (nSPS) is 10.6. The van der Waals surface area contributed by atoms with Gasteiger partial charge >= 0.3 is 11.6 Å². The highest BCUT2D eigenvalue weighted by Gasteiger charge is 2.12. The summed E-state index contributed by atoms with van der Waals surface area (Å²) in [4.78, 5) is 39.2. The number of amides is 1. The molecule has 2 aromatic heterocycles. The SMILES string of the molecule is COC(=O)CNC(=O)COc1ccc2cc(-c3csc(C)n3)c(=O)oc2c1. The summed E-state index contributed by atoms with van der Waals surface area (Å²) in [6, 6.07) is 6.62. The monoisotopic (exact) mass is 388 g/mol. The second-order valence-corrected chi connectivity index (χ2v) is 6.60. The minimum absolute atomic E-state index is 0.232. The van der Waals surface area contributed by atoms with Gasteiger partial charge in [-0.3, -0.25) is 9.59 Å². The Labute approximate surface area is 157 Å². The highest BCUT2D eigenvalue weighted by atomic mass is 32.1. The topological polar surface area (TPSA) is 108 Å². The molecule has 1 aromatic carbocycles. The summed E-state index contributed by atoms with van der Waals surface area (Å²) >= 11 is 1.45. The van der Waals surface area contributed by atoms with Crippen molar-refractivity contribution in [3.05, 3.63) is 45.1 Å². The van der Waals surface area contributed by atoms with Crippen LogP contribution in [0.4, 0.5) is 0 Å². The number of ether oxygens (including phenoxy) is 2. The molecule has 0 aliphatic heterocycles. The third-order valence-electron chi connectivity index (χ3n) is 3.63. The number of carbonyl (C=O) groups excluding carboxylic acids is 2. The molecule has 0 fully saturated rings. The molecular weight excluding hydrogens is 372 g/mol. The van der Waals surface area contributed by atoms with E-state index in [1.807, 2.05) is 6.92 Å². The Hall–Kier alpha value is -3.20. The molecule has 0 bridgehead atoms. The second kappa shape index (κ2) is 8.00. The van der Waals surface area contributed by atoms with E-state index in [1.54, 1.807) is 23.6 Å². The lowest BCUT2D eigenvalue weighted by Gasteiger charge is -2.07. The number of methoxy groups -OCH3 is 1. The Bertz CT molecular complexity index is 1060. The van der Waals surface area contributed by atoms with Crippen molar-refractivity contribution >= 4 is 34.2 Å². The van der Waals surface area contributed by atoms with Gasteiger partial charge in [0.2, 0.25) is 0 Å². The van der Waals surface area contributed by atoms with E-state index in [1.165, 1.54) is 24.5 Å². The number of hydrogen-bond acceptors (Lipinski definition) is 8. The lowest BCUT2D eigenvalue weighted by molar-refractivity contribution is -0.141. The molecule has 0 aliphatic carbocycles. The zero-order valence-electron chi connectivity index (χ0n) is 14.6. The van der Waals surface area contributed by atoms with Crippen LogP contribution in [-0.2, 0) is 14.3 Å². The summed E-state index contributed by atoms with van der Waals surface area (Å²) in [7, 11) is 1.23. The van der Waals surface area contributed by atoms with Gasteiger partial charge in [-0.1, -0.05) is 0 Å². The maximum absolute atomic E-state index is 12.2. The molecule has 3 rings (SSSR count). The first-order valence-electron chi connectivity index (χ1n) is 7.93. The lowest BCUT2D eigenvalue weighted by atomic mass is 10.1. The molecular formula is C18H16N2O6S. The predicted octanol–water partition coefficient (Wildman–Crippen LogP) is 1.89. The van der Waals surface area contributed by atoms with Gasteiger partial charge < -0.3 is 19.2 Å². The number of nitrogens with zero attached hydrogens (tertiary/aromatic N) is 1. The van der Waals surface area contributed by atoms with E-state index in [0.717, 1.165) is 5.01 Å². The molecule has 0 unspecified atom stereocenters. The zero-order chi connectivity index (χ0) is 19.4. The molecule has 0 atom stereocenters. The summed E-state index contributed by atoms with van der Waals surface area (Å²) in [5.74, 6) is -0.672. The first-order chi connectivity index (χ1) is 13.0. The van der Waals surface area contributed by atoms with Crippen LogP contribution in [0.25, 0.3) is 22.2 Å². The van der Waals surface area contributed by atoms with Crippen LogP contribution < -0.4 is 15.7 Å². The van der Waals surface area contributed by atoms with E-state index in [4.69, 9.17) is 9.15 Å². The quantitative estimate of drug-likeness (QED) is 0.507. The molecule has 2 heterocycles. The summed E-state index contributed by atoms with van der Waals surface area (Å²) < 4.78 is 15.2. The van der Waals surface area contributed by atoms with Crippen molar-refractivity contribution in [3.8, 4) is 17.0 Å². The number of aromatic nitrogens is 1. The molecule has 1 amide bonds. The predicted molar refractivity (Wildman–Crippen MR) is 98.8 cm³/mol. The molecule has 8 nitrogen and oxygen atoms in total. The third kappa shape index (κ3) is 4.50. The van der Waals surface area contributed by atoms with Crippen LogP contribution in [0.1, 0.15) is 5.01 Å². The highest BCUT2D eigenvalue weighted by Crippen LogP contribution is 2.25. The first-order valence-corrected chi connectivity index (χ1v) is 8.81. The average Bonchev–Trinajstić information content (AvgIpc) is 3.09. The smallest absolute Gasteiger partial charge is 0.345 e. The fourth-order valence-corrected chi connectivity index (χ4v) is 2.90. The standard InChI is InChI=1S/C18H16N2O6S/c1-10-20-14(9-27-10)13-5-11-3-4-12(6-15(11)26-18(13)23)25-8-16(21)19-7-17(22)24-2/h3-6,9H,7-8H2,1-2H3,(H,19,21). The molecule has 0 aliphatic rings. The maximum Gasteiger partial charge on any atom is 0.345 e. The van der Waals surface area contributed by atoms with Crippen LogP contribution in [0.15, 0.2) is 38.9 Å². The number of rotatable bonds is 6. The van der Waals surface area contributed by atoms with Crippen molar-refractivity contribution in [1.29, 1.82) is 0 Å². The number of benzene rings is 1. The van der Waals surface area contributed by atoms with Crippen molar-refractivity contribution in [1.82, 2.24) is 10.3 Å². The van der Waals surface area contributed by atoms with Crippen LogP contribution in [0.5, 0.6) is 5.75 Å². The van der Waals surface area contributed by atoms with Crippen molar-refractivity contribution in [2.45, 2.75) is 6.92 Å². The maximum atomic E-state index is 12.2. The first kappa shape index (κ1) is 18.6. The van der Waals surface area contributed by atoms with Gasteiger partial charge in [0.15, 0.2) is 6.61 Å². The summed E-state index contributed by atoms with van der Waals surface area (Å²) in [6.45, 7) is 1.34. The lowest BCUT2D eigenvalue weighted by Crippen LogP contribution is -2.33. The average molecular weight is 388 g/mol. The molecule has 0 spiro atoms. The number of nitrogens with one attached hydrogen (secondary N) is 1. The Morgan fingerprint density at radius 1 is 1.30 bits per heavy atom. The number of hydrogen-bond donors (Lipinski definition) is 1. The van der Waals surface area contributed by atoms with E-state index in [-0.39, 0.29) is 13.2 Å². The summed E-state index contributed by atoms with van der Waals surface area (Å²) in [5, 5.41) is 5.73. The van der Waals surface area contributed by atoms with Crippen LogP contribution in [0, 0.1) is 6.92 Å². The molecule has 3 aromatic rings. The number of aryl methyl sites for hydroxylation is 1. The second-order valence-electron chi connectivity index (χ2n) is 5.54. The summed E-state index contributed by atoms with van der Waals surface area (Å²) in [6.07, 6.45) is 0. The molecule has 27 heavy (non-hydrogen) atoms. The number of fused-ring (bicyclic) bond motifs is 1. The van der Waals surface area contributed by atoms with Gasteiger partial charge in [-0.05, 0) is 25.1 Å². The molecule has 140 valence electrons. The zero-order valence-corrected chi connectivity index (χ0v) is 15.4. The van der Waals surface area contributed by atoms with Gasteiger partial charge in [0.25, 0.3) is 5.91 Å². The van der Waals surface area contributed by atoms with E-state index < -0.39 is 17.5 Å². The molecule has 9 heteroatoms. The van der Waals surface area contributed by atoms with Crippen LogP contribution in [-0.4, -0.2) is 37.1 Å². The molecule has 0 radical (unpaired) electrons. The molecule has 1 N–H and O–H groups in total. The van der Waals surface area contributed by atoms with Gasteiger partial charge in [-0.2, -0.15) is 0 Å². The Morgan fingerprint density at radius 2 is 2.11 bits per heavy atom. The van der Waals surface area contributed by atoms with Gasteiger partial charge in [0, 0.05) is 16.8 Å². The van der Waals surface area contributed by atoms with E-state index in [0.29, 0.717) is 28.0 Å². The summed E-state index contributed by atoms with van der Waals surface area (Å²) in [5.41, 5.74) is 0.808. The molecule has 0 saturated heterocycles. The van der Waals surface area contributed by atoms with Crippen molar-refractivity contribution in [2.24, 2.45) is 0 Å². The number of carbonyl (C=O) groups is 2. The van der Waals surface area contributed by atoms with Crippen LogP contribution >= 0.6 is 11.3 Å². The fraction of sp³-hybridized carbons (Fsp3) is 0.222. The van der Waals surface area contributed by atoms with Crippen molar-refractivity contribution < 1.29 is 23.5 Å². The number of esters is 1. The van der Waals surface area contributed by atoms with Gasteiger partial charge in [-0.15, -0.1) is 11.3 Å². The Morgan fingerprint density at radius 3 is 2.81 bits per heavy atom. The van der Waals surface area contributed by atoms with E-state index >= 15 is 0 Å². The highest BCUT2D eigenvalue weighted by molar-refractivity contribution is 7.09. The minimum atomic E-state index is -0.554. The van der Waals surface area contributed by atoms with Gasteiger partial charge in [0.05, 0.1) is 23.4 Å². The fourth-order valence-electron chi connectivity index (χ4n) is 2.29. The van der Waals surface area contributed by atoms with Gasteiger partial charge in [-0.25, -0.2) is 9.78 Å². The third-order valence-corrected chi connectivity index (χ3v) is 4.40. The van der Waals surface area contributed by atoms with Gasteiger partial charge in [0.1, 0.15) is 17.9 Å². The van der Waals surface area contributed by atoms with E-state index in [2.05, 4.69) is 15.0 Å². The minimum Gasteiger partial charge on any atom is -0.484 e.